The zero-order valence-corrected chi connectivity index (χ0v) is 21.9. The van der Waals surface area contributed by atoms with Gasteiger partial charge in [-0.1, -0.05) is 37.0 Å². The maximum absolute atomic E-state index is 12.9. The number of esters is 1. The van der Waals surface area contributed by atoms with E-state index in [0.717, 1.165) is 44.3 Å². The monoisotopic (exact) mass is 520 g/mol. The van der Waals surface area contributed by atoms with Crippen LogP contribution in [0.1, 0.15) is 51.5 Å². The van der Waals surface area contributed by atoms with Crippen LogP contribution in [-0.2, 0) is 19.1 Å². The molecule has 2 amide bonds. The van der Waals surface area contributed by atoms with Crippen molar-refractivity contribution in [3.63, 3.8) is 0 Å². The van der Waals surface area contributed by atoms with Gasteiger partial charge < -0.3 is 19.1 Å². The highest BCUT2D eigenvalue weighted by molar-refractivity contribution is 8.26. The van der Waals surface area contributed by atoms with E-state index >= 15 is 0 Å². The predicted molar refractivity (Wildman–Crippen MR) is 139 cm³/mol. The van der Waals surface area contributed by atoms with E-state index in [0.29, 0.717) is 33.9 Å². The molecule has 1 aromatic carbocycles. The molecule has 0 N–H and O–H groups in total. The smallest absolute Gasteiger partial charge is 0.307 e. The zero-order valence-electron chi connectivity index (χ0n) is 20.2. The van der Waals surface area contributed by atoms with Crippen LogP contribution < -0.4 is 9.47 Å². The second kappa shape index (κ2) is 13.5. The Bertz CT molecular complexity index is 975. The van der Waals surface area contributed by atoms with Crippen molar-refractivity contribution in [1.82, 2.24) is 9.80 Å². The van der Waals surface area contributed by atoms with Gasteiger partial charge in [0.2, 0.25) is 0 Å². The highest BCUT2D eigenvalue weighted by atomic mass is 32.2. The minimum absolute atomic E-state index is 0.0292. The van der Waals surface area contributed by atoms with Gasteiger partial charge in [-0.15, -0.1) is 0 Å². The molecular weight excluding hydrogens is 488 g/mol. The molecule has 2 aliphatic heterocycles. The summed E-state index contributed by atoms with van der Waals surface area (Å²) in [5, 5.41) is 0. The normalized spacial score (nSPS) is 17.1. The lowest BCUT2D eigenvalue weighted by Crippen LogP contribution is -2.38. The number of amides is 2. The molecule has 0 aliphatic carbocycles. The van der Waals surface area contributed by atoms with Crippen molar-refractivity contribution in [2.75, 3.05) is 39.5 Å². The van der Waals surface area contributed by atoms with Crippen LogP contribution >= 0.6 is 24.0 Å². The topological polar surface area (TPSA) is 85.4 Å². The van der Waals surface area contributed by atoms with Crippen molar-refractivity contribution in [2.24, 2.45) is 0 Å². The number of hydrogen-bond donors (Lipinski definition) is 0. The van der Waals surface area contributed by atoms with E-state index in [4.69, 9.17) is 26.4 Å². The summed E-state index contributed by atoms with van der Waals surface area (Å²) in [6, 6.07) is 5.32. The van der Waals surface area contributed by atoms with Crippen molar-refractivity contribution in [2.45, 2.75) is 46.0 Å². The molecule has 0 aromatic heterocycles. The minimum atomic E-state index is -0.347. The van der Waals surface area contributed by atoms with Gasteiger partial charge in [0.05, 0.1) is 24.5 Å². The molecule has 2 heterocycles. The Morgan fingerprint density at radius 1 is 1.11 bits per heavy atom. The van der Waals surface area contributed by atoms with Crippen LogP contribution in [0.3, 0.4) is 0 Å². The maximum Gasteiger partial charge on any atom is 0.307 e. The van der Waals surface area contributed by atoms with Crippen LogP contribution in [0, 0.1) is 0 Å². The second-order valence-electron chi connectivity index (χ2n) is 8.17. The number of thiocarbonyl (C=S) groups is 1. The van der Waals surface area contributed by atoms with Crippen molar-refractivity contribution < 1.29 is 28.6 Å². The number of thioether (sulfide) groups is 1. The zero-order chi connectivity index (χ0) is 25.2. The highest BCUT2D eigenvalue weighted by Crippen LogP contribution is 2.35. The maximum atomic E-state index is 12.9. The van der Waals surface area contributed by atoms with Crippen molar-refractivity contribution >= 4 is 52.2 Å². The van der Waals surface area contributed by atoms with Gasteiger partial charge in [0.15, 0.2) is 18.1 Å². The third kappa shape index (κ3) is 7.70. The SMILES string of the molecule is CCCOC(=O)CCN1C(=O)/C(=C\c2ccc(OCC(=O)N3CCCCC3)c(OCC)c2)SC1=S. The fourth-order valence-corrected chi connectivity index (χ4v) is 5.02. The first-order valence-electron chi connectivity index (χ1n) is 12.0. The molecule has 0 saturated carbocycles. The highest BCUT2D eigenvalue weighted by Gasteiger charge is 2.32. The Morgan fingerprint density at radius 3 is 2.60 bits per heavy atom. The van der Waals surface area contributed by atoms with Crippen LogP contribution in [0.5, 0.6) is 11.5 Å². The Balaban J connectivity index is 1.64. The summed E-state index contributed by atoms with van der Waals surface area (Å²) in [7, 11) is 0. The first-order valence-corrected chi connectivity index (χ1v) is 13.2. The molecular formula is C25H32N2O6S2. The molecule has 8 nitrogen and oxygen atoms in total. The van der Waals surface area contributed by atoms with E-state index in [1.807, 2.05) is 18.7 Å². The standard InChI is InChI=1S/C25H32N2O6S2/c1-3-14-32-23(29)10-13-27-24(30)21(35-25(27)34)16-18-8-9-19(20(15-18)31-4-2)33-17-22(28)26-11-6-5-7-12-26/h8-9,15-16H,3-7,10-14,17H2,1-2H3/b21-16+. The van der Waals surface area contributed by atoms with Crippen LogP contribution in [-0.4, -0.2) is 71.4 Å². The minimum Gasteiger partial charge on any atom is -0.490 e. The third-order valence-electron chi connectivity index (χ3n) is 5.51. The molecule has 0 spiro atoms. The summed E-state index contributed by atoms with van der Waals surface area (Å²) in [4.78, 5) is 40.8. The van der Waals surface area contributed by atoms with Gasteiger partial charge in [-0.25, -0.2) is 0 Å². The molecule has 0 atom stereocenters. The summed E-state index contributed by atoms with van der Waals surface area (Å²) in [5.74, 6) is 0.363. The van der Waals surface area contributed by atoms with Crippen molar-refractivity contribution in [3.8, 4) is 11.5 Å². The average molecular weight is 521 g/mol. The molecule has 0 bridgehead atoms. The molecule has 0 radical (unpaired) electrons. The average Bonchev–Trinajstić information content (AvgIpc) is 3.13. The summed E-state index contributed by atoms with van der Waals surface area (Å²) >= 11 is 6.54. The molecule has 2 fully saturated rings. The van der Waals surface area contributed by atoms with E-state index in [9.17, 15) is 14.4 Å². The number of rotatable bonds is 11. The Hall–Kier alpha value is -2.59. The van der Waals surface area contributed by atoms with Gasteiger partial charge in [-0.2, -0.15) is 0 Å². The number of hydrogen-bond acceptors (Lipinski definition) is 8. The Morgan fingerprint density at radius 2 is 1.89 bits per heavy atom. The number of nitrogens with zero attached hydrogens (tertiary/aromatic N) is 2. The first-order chi connectivity index (χ1) is 16.9. The fraction of sp³-hybridized carbons (Fsp3) is 0.520. The van der Waals surface area contributed by atoms with E-state index < -0.39 is 0 Å². The van der Waals surface area contributed by atoms with Gasteiger partial charge in [-0.05, 0) is 56.4 Å². The lowest BCUT2D eigenvalue weighted by Gasteiger charge is -2.26. The largest absolute Gasteiger partial charge is 0.490 e. The van der Waals surface area contributed by atoms with E-state index in [-0.39, 0.29) is 37.4 Å². The van der Waals surface area contributed by atoms with Gasteiger partial charge in [0, 0.05) is 19.6 Å². The van der Waals surface area contributed by atoms with Crippen LogP contribution in [0.25, 0.3) is 6.08 Å². The van der Waals surface area contributed by atoms with Crippen molar-refractivity contribution in [1.29, 1.82) is 0 Å². The van der Waals surface area contributed by atoms with Crippen molar-refractivity contribution in [3.05, 3.63) is 28.7 Å². The number of piperidine rings is 1. The number of carbonyl (C=O) groups excluding carboxylic acids is 3. The predicted octanol–water partition coefficient (Wildman–Crippen LogP) is 4.02. The molecule has 190 valence electrons. The van der Waals surface area contributed by atoms with Gasteiger partial charge >= 0.3 is 5.97 Å². The summed E-state index contributed by atoms with van der Waals surface area (Å²) in [6.45, 7) is 6.28. The van der Waals surface area contributed by atoms with Gasteiger partial charge in [0.1, 0.15) is 4.32 Å². The Labute approximate surface area is 215 Å². The number of likely N-dealkylation sites (tertiary alicyclic amines) is 1. The molecule has 2 aliphatic rings. The number of benzene rings is 1. The number of ether oxygens (including phenoxy) is 3. The molecule has 35 heavy (non-hydrogen) atoms. The molecule has 2 saturated heterocycles. The first kappa shape index (κ1) is 27.0. The molecule has 10 heteroatoms. The van der Waals surface area contributed by atoms with Gasteiger partial charge in [-0.3, -0.25) is 19.3 Å². The molecule has 0 unspecified atom stereocenters. The quantitative estimate of drug-likeness (QED) is 0.246. The molecule has 3 rings (SSSR count). The Kier molecular flexibility index (Phi) is 10.4. The van der Waals surface area contributed by atoms with E-state index in [1.54, 1.807) is 24.3 Å². The lowest BCUT2D eigenvalue weighted by molar-refractivity contribution is -0.144. The summed E-state index contributed by atoms with van der Waals surface area (Å²) in [6.07, 6.45) is 5.79. The fourth-order valence-electron chi connectivity index (χ4n) is 3.71. The summed E-state index contributed by atoms with van der Waals surface area (Å²) < 4.78 is 17.0. The van der Waals surface area contributed by atoms with Crippen LogP contribution in [0.2, 0.25) is 0 Å². The summed E-state index contributed by atoms with van der Waals surface area (Å²) in [5.41, 5.74) is 0.742. The number of carbonyl (C=O) groups is 3. The third-order valence-corrected chi connectivity index (χ3v) is 6.88. The van der Waals surface area contributed by atoms with E-state index in [1.165, 1.54) is 16.7 Å². The molecule has 1 aromatic rings. The second-order valence-corrected chi connectivity index (χ2v) is 9.85. The van der Waals surface area contributed by atoms with Crippen LogP contribution in [0.4, 0.5) is 0 Å². The van der Waals surface area contributed by atoms with Crippen LogP contribution in [0.15, 0.2) is 23.1 Å². The van der Waals surface area contributed by atoms with E-state index in [2.05, 4.69) is 0 Å². The lowest BCUT2D eigenvalue weighted by atomic mass is 10.1. The van der Waals surface area contributed by atoms with Gasteiger partial charge in [0.25, 0.3) is 11.8 Å².